The summed E-state index contributed by atoms with van der Waals surface area (Å²) in [6.45, 7) is 1.11. The van der Waals surface area contributed by atoms with Crippen LogP contribution in [-0.2, 0) is 29.5 Å². The molecule has 2 aromatic rings. The van der Waals surface area contributed by atoms with Gasteiger partial charge in [-0.1, -0.05) is 0 Å². The zero-order chi connectivity index (χ0) is 23.4. The van der Waals surface area contributed by atoms with E-state index in [4.69, 9.17) is 4.74 Å². The number of methoxy groups -OCH3 is 1. The SMILES string of the molecule is COC(=O)c1ccc(S(=O)(=O)NNC(=O)c2ccc(S(=O)(=O)N3CCOCC3)cc2)cc1. The number of nitrogens with one attached hydrogen (secondary N) is 2. The number of carbonyl (C=O) groups excluding carboxylic acids is 2. The van der Waals surface area contributed by atoms with E-state index in [9.17, 15) is 26.4 Å². The van der Waals surface area contributed by atoms with Crippen molar-refractivity contribution in [2.24, 2.45) is 0 Å². The average molecular weight is 484 g/mol. The number of esters is 1. The minimum Gasteiger partial charge on any atom is -0.465 e. The van der Waals surface area contributed by atoms with Gasteiger partial charge in [0, 0.05) is 18.7 Å². The zero-order valence-corrected chi connectivity index (χ0v) is 18.6. The third-order valence-corrected chi connectivity index (χ3v) is 7.79. The maximum Gasteiger partial charge on any atom is 0.337 e. The van der Waals surface area contributed by atoms with Gasteiger partial charge in [0.25, 0.3) is 15.9 Å². The molecule has 1 heterocycles. The number of hydrazine groups is 1. The molecule has 13 heteroatoms. The van der Waals surface area contributed by atoms with Crippen molar-refractivity contribution in [1.82, 2.24) is 14.6 Å². The highest BCUT2D eigenvalue weighted by molar-refractivity contribution is 7.89. The average Bonchev–Trinajstić information content (AvgIpc) is 2.82. The number of hydrogen-bond acceptors (Lipinski definition) is 8. The first-order valence-corrected chi connectivity index (χ1v) is 12.3. The Morgan fingerprint density at radius 3 is 1.97 bits per heavy atom. The van der Waals surface area contributed by atoms with Crippen LogP contribution in [-0.4, -0.2) is 66.4 Å². The molecular formula is C19H21N3O8S2. The lowest BCUT2D eigenvalue weighted by molar-refractivity contribution is 0.0600. The molecule has 1 aliphatic rings. The largest absolute Gasteiger partial charge is 0.465 e. The summed E-state index contributed by atoms with van der Waals surface area (Å²) in [5.74, 6) is -1.40. The summed E-state index contributed by atoms with van der Waals surface area (Å²) in [5.41, 5.74) is 2.28. The van der Waals surface area contributed by atoms with E-state index in [-0.39, 0.29) is 34.0 Å². The van der Waals surface area contributed by atoms with Gasteiger partial charge in [0.15, 0.2) is 0 Å². The van der Waals surface area contributed by atoms with Gasteiger partial charge in [-0.3, -0.25) is 10.2 Å². The maximum atomic E-state index is 12.6. The second-order valence-corrected chi connectivity index (χ2v) is 10.2. The monoisotopic (exact) mass is 483 g/mol. The number of nitrogens with zero attached hydrogens (tertiary/aromatic N) is 1. The smallest absolute Gasteiger partial charge is 0.337 e. The second-order valence-electron chi connectivity index (χ2n) is 6.62. The molecule has 0 aliphatic carbocycles. The molecule has 0 unspecified atom stereocenters. The minimum atomic E-state index is -4.11. The molecule has 2 aromatic carbocycles. The first-order valence-electron chi connectivity index (χ1n) is 9.33. The standard InChI is InChI=1S/C19H21N3O8S2/c1-29-19(24)15-4-6-16(7-5-15)31(25,26)21-20-18(23)14-2-8-17(9-3-14)32(27,28)22-10-12-30-13-11-22/h2-9,21H,10-13H2,1H3,(H,20,23). The van der Waals surface area contributed by atoms with E-state index in [2.05, 4.69) is 10.2 Å². The zero-order valence-electron chi connectivity index (χ0n) is 17.0. The van der Waals surface area contributed by atoms with Crippen molar-refractivity contribution in [3.05, 3.63) is 59.7 Å². The van der Waals surface area contributed by atoms with E-state index in [1.807, 2.05) is 4.83 Å². The number of amides is 1. The summed E-state index contributed by atoms with van der Waals surface area (Å²) >= 11 is 0. The Balaban J connectivity index is 1.65. The van der Waals surface area contributed by atoms with Gasteiger partial charge in [-0.15, -0.1) is 4.83 Å². The lowest BCUT2D eigenvalue weighted by atomic mass is 10.2. The molecule has 0 spiro atoms. The van der Waals surface area contributed by atoms with Crippen molar-refractivity contribution in [2.45, 2.75) is 9.79 Å². The molecule has 1 fully saturated rings. The fourth-order valence-electron chi connectivity index (χ4n) is 2.85. The number of rotatable bonds is 7. The molecule has 0 saturated carbocycles. The Labute approximate surface area is 185 Å². The lowest BCUT2D eigenvalue weighted by Gasteiger charge is -2.26. The van der Waals surface area contributed by atoms with Crippen LogP contribution in [0, 0.1) is 0 Å². The molecular weight excluding hydrogens is 462 g/mol. The van der Waals surface area contributed by atoms with Crippen LogP contribution >= 0.6 is 0 Å². The summed E-state index contributed by atoms with van der Waals surface area (Å²) in [6.07, 6.45) is 0. The fraction of sp³-hybridized carbons (Fsp3) is 0.263. The Hall–Kier alpha value is -2.84. The molecule has 0 bridgehead atoms. The Morgan fingerprint density at radius 1 is 0.875 bits per heavy atom. The Bertz CT molecular complexity index is 1190. The quantitative estimate of drug-likeness (QED) is 0.417. The highest BCUT2D eigenvalue weighted by Gasteiger charge is 2.26. The molecule has 1 saturated heterocycles. The predicted octanol–water partition coefficient (Wildman–Crippen LogP) is 0.117. The van der Waals surface area contributed by atoms with E-state index < -0.39 is 31.9 Å². The van der Waals surface area contributed by atoms with Crippen molar-refractivity contribution >= 4 is 31.9 Å². The highest BCUT2D eigenvalue weighted by atomic mass is 32.2. The number of hydrogen-bond donors (Lipinski definition) is 2. The van der Waals surface area contributed by atoms with Crippen LogP contribution in [0.4, 0.5) is 0 Å². The van der Waals surface area contributed by atoms with Crippen molar-refractivity contribution in [1.29, 1.82) is 0 Å². The Kier molecular flexibility index (Phi) is 7.26. The topological polar surface area (TPSA) is 148 Å². The van der Waals surface area contributed by atoms with Gasteiger partial charge in [0.2, 0.25) is 10.0 Å². The molecule has 172 valence electrons. The third-order valence-electron chi connectivity index (χ3n) is 4.61. The molecule has 1 aliphatic heterocycles. The van der Waals surface area contributed by atoms with Gasteiger partial charge in [-0.05, 0) is 48.5 Å². The van der Waals surface area contributed by atoms with Gasteiger partial charge in [0.05, 0.1) is 35.7 Å². The maximum absolute atomic E-state index is 12.6. The Morgan fingerprint density at radius 2 is 1.41 bits per heavy atom. The van der Waals surface area contributed by atoms with E-state index in [0.717, 1.165) is 0 Å². The van der Waals surface area contributed by atoms with Gasteiger partial charge >= 0.3 is 5.97 Å². The molecule has 0 radical (unpaired) electrons. The van der Waals surface area contributed by atoms with Crippen molar-refractivity contribution in [3.8, 4) is 0 Å². The lowest BCUT2D eigenvalue weighted by Crippen LogP contribution is -2.41. The number of benzene rings is 2. The van der Waals surface area contributed by atoms with Crippen LogP contribution < -0.4 is 10.3 Å². The molecule has 1 amide bonds. The van der Waals surface area contributed by atoms with Crippen molar-refractivity contribution < 1.29 is 35.9 Å². The predicted molar refractivity (Wildman–Crippen MR) is 112 cm³/mol. The van der Waals surface area contributed by atoms with Gasteiger partial charge in [-0.25, -0.2) is 21.6 Å². The molecule has 0 aromatic heterocycles. The normalized spacial score (nSPS) is 15.2. The van der Waals surface area contributed by atoms with E-state index in [1.54, 1.807) is 0 Å². The van der Waals surface area contributed by atoms with E-state index in [1.165, 1.54) is 59.9 Å². The van der Waals surface area contributed by atoms with E-state index >= 15 is 0 Å². The number of morpholine rings is 1. The summed E-state index contributed by atoms with van der Waals surface area (Å²) in [6, 6.07) is 10.0. The van der Waals surface area contributed by atoms with Crippen molar-refractivity contribution in [3.63, 3.8) is 0 Å². The van der Waals surface area contributed by atoms with Gasteiger partial charge in [-0.2, -0.15) is 4.31 Å². The van der Waals surface area contributed by atoms with Gasteiger partial charge in [0.1, 0.15) is 0 Å². The molecule has 2 N–H and O–H groups in total. The molecule has 11 nitrogen and oxygen atoms in total. The molecule has 3 rings (SSSR count). The fourth-order valence-corrected chi connectivity index (χ4v) is 5.09. The first-order chi connectivity index (χ1) is 15.1. The van der Waals surface area contributed by atoms with Crippen LogP contribution in [0.3, 0.4) is 0 Å². The second kappa shape index (κ2) is 9.75. The molecule has 32 heavy (non-hydrogen) atoms. The number of ether oxygens (including phenoxy) is 2. The van der Waals surface area contributed by atoms with Gasteiger partial charge < -0.3 is 9.47 Å². The third kappa shape index (κ3) is 5.31. The van der Waals surface area contributed by atoms with Crippen LogP contribution in [0.15, 0.2) is 58.3 Å². The van der Waals surface area contributed by atoms with E-state index in [0.29, 0.717) is 13.2 Å². The number of carbonyl (C=O) groups is 2. The summed E-state index contributed by atoms with van der Waals surface area (Å²) in [7, 11) is -6.61. The molecule has 0 atom stereocenters. The van der Waals surface area contributed by atoms with Crippen molar-refractivity contribution in [2.75, 3.05) is 33.4 Å². The highest BCUT2D eigenvalue weighted by Crippen LogP contribution is 2.18. The first kappa shape index (κ1) is 23.8. The van der Waals surface area contributed by atoms with Crippen LogP contribution in [0.25, 0.3) is 0 Å². The summed E-state index contributed by atoms with van der Waals surface area (Å²) in [5, 5.41) is 0. The van der Waals surface area contributed by atoms with Crippen LogP contribution in [0.5, 0.6) is 0 Å². The number of sulfonamides is 2. The summed E-state index contributed by atoms with van der Waals surface area (Å²) in [4.78, 5) is 25.5. The minimum absolute atomic E-state index is 0.0160. The van der Waals surface area contributed by atoms with Crippen LogP contribution in [0.2, 0.25) is 0 Å². The summed E-state index contributed by atoms with van der Waals surface area (Å²) < 4.78 is 60.9. The van der Waals surface area contributed by atoms with Crippen LogP contribution in [0.1, 0.15) is 20.7 Å².